The van der Waals surface area contributed by atoms with Gasteiger partial charge < -0.3 is 10.1 Å². The summed E-state index contributed by atoms with van der Waals surface area (Å²) in [7, 11) is 0. The quantitative estimate of drug-likeness (QED) is 0.387. The number of hydrogen-bond donors (Lipinski definition) is 2. The van der Waals surface area contributed by atoms with Crippen molar-refractivity contribution in [1.29, 1.82) is 0 Å². The molecule has 0 aliphatic carbocycles. The van der Waals surface area contributed by atoms with Gasteiger partial charge >= 0.3 is 11.8 Å². The van der Waals surface area contributed by atoms with E-state index in [9.17, 15) is 9.59 Å². The number of carbonyl (C=O) groups excluding carboxylic acids is 2. The van der Waals surface area contributed by atoms with E-state index in [-0.39, 0.29) is 0 Å². The Morgan fingerprint density at radius 1 is 0.857 bits per heavy atom. The van der Waals surface area contributed by atoms with Gasteiger partial charge in [-0.2, -0.15) is 5.10 Å². The molecular weight excluding hydrogens is 378 g/mol. The van der Waals surface area contributed by atoms with Crippen molar-refractivity contribution in [3.63, 3.8) is 0 Å². The highest BCUT2D eigenvalue weighted by atomic mass is 35.5. The minimum atomic E-state index is -0.909. The lowest BCUT2D eigenvalue weighted by molar-refractivity contribution is -0.136. The smallest absolute Gasteiger partial charge is 0.329 e. The summed E-state index contributed by atoms with van der Waals surface area (Å²) in [5, 5.41) is 6.55. The van der Waals surface area contributed by atoms with E-state index in [0.29, 0.717) is 27.8 Å². The van der Waals surface area contributed by atoms with E-state index in [1.165, 1.54) is 6.21 Å². The highest BCUT2D eigenvalue weighted by molar-refractivity contribution is 6.41. The van der Waals surface area contributed by atoms with Crippen LogP contribution in [0.15, 0.2) is 84.0 Å². The number of nitrogens with zero attached hydrogens (tertiary/aromatic N) is 1. The Hall–Kier alpha value is -3.64. The van der Waals surface area contributed by atoms with Gasteiger partial charge in [-0.05, 0) is 42.0 Å². The Labute approximate surface area is 166 Å². The number of hydrogen-bond acceptors (Lipinski definition) is 4. The van der Waals surface area contributed by atoms with Gasteiger partial charge in [0.25, 0.3) is 0 Å². The van der Waals surface area contributed by atoms with Crippen molar-refractivity contribution in [3.05, 3.63) is 89.4 Å². The van der Waals surface area contributed by atoms with Crippen LogP contribution in [0.4, 0.5) is 5.69 Å². The second kappa shape index (κ2) is 9.34. The second-order valence-electron chi connectivity index (χ2n) is 5.62. The Morgan fingerprint density at radius 2 is 1.57 bits per heavy atom. The highest BCUT2D eigenvalue weighted by Gasteiger charge is 2.14. The van der Waals surface area contributed by atoms with Crippen molar-refractivity contribution in [1.82, 2.24) is 5.43 Å². The molecule has 7 heteroatoms. The van der Waals surface area contributed by atoms with Crippen molar-refractivity contribution in [3.8, 4) is 11.5 Å². The molecular formula is C21H16ClN3O3. The van der Waals surface area contributed by atoms with Crippen LogP contribution in [0.2, 0.25) is 5.02 Å². The van der Waals surface area contributed by atoms with Gasteiger partial charge in [-0.25, -0.2) is 5.43 Å². The van der Waals surface area contributed by atoms with Crippen LogP contribution in [-0.4, -0.2) is 18.0 Å². The molecule has 3 aromatic rings. The molecule has 0 radical (unpaired) electrons. The van der Waals surface area contributed by atoms with Crippen LogP contribution in [0.3, 0.4) is 0 Å². The third-order valence-electron chi connectivity index (χ3n) is 3.55. The van der Waals surface area contributed by atoms with Gasteiger partial charge in [0.2, 0.25) is 0 Å². The first kappa shape index (κ1) is 19.1. The van der Waals surface area contributed by atoms with Crippen molar-refractivity contribution < 1.29 is 14.3 Å². The number of carbonyl (C=O) groups is 2. The average Bonchev–Trinajstić information content (AvgIpc) is 2.70. The number of anilines is 1. The summed E-state index contributed by atoms with van der Waals surface area (Å²) < 4.78 is 5.74. The lowest BCUT2D eigenvalue weighted by Gasteiger charge is -2.06. The number of para-hydroxylation sites is 2. The van der Waals surface area contributed by atoms with Gasteiger partial charge in [-0.3, -0.25) is 9.59 Å². The third kappa shape index (κ3) is 5.43. The second-order valence-corrected chi connectivity index (χ2v) is 6.03. The zero-order valence-corrected chi connectivity index (χ0v) is 15.4. The topological polar surface area (TPSA) is 79.8 Å². The molecule has 0 aliphatic heterocycles. The normalized spacial score (nSPS) is 10.5. The van der Waals surface area contributed by atoms with Crippen molar-refractivity contribution in [2.45, 2.75) is 0 Å². The molecule has 2 amide bonds. The first-order valence-corrected chi connectivity index (χ1v) is 8.71. The van der Waals surface area contributed by atoms with E-state index in [1.807, 2.05) is 30.3 Å². The number of hydrazone groups is 1. The molecule has 2 N–H and O–H groups in total. The fourth-order valence-corrected chi connectivity index (χ4v) is 2.42. The molecule has 6 nitrogen and oxygen atoms in total. The molecule has 0 spiro atoms. The Bertz CT molecular complexity index is 1010. The first-order chi connectivity index (χ1) is 13.6. The largest absolute Gasteiger partial charge is 0.457 e. The predicted octanol–water partition coefficient (Wildman–Crippen LogP) is 4.22. The minimum absolute atomic E-state index is 0.336. The van der Waals surface area contributed by atoms with E-state index in [2.05, 4.69) is 15.8 Å². The summed E-state index contributed by atoms with van der Waals surface area (Å²) in [5.74, 6) is -0.446. The molecule has 0 heterocycles. The van der Waals surface area contributed by atoms with Crippen LogP contribution in [0.1, 0.15) is 5.56 Å². The summed E-state index contributed by atoms with van der Waals surface area (Å²) in [6.07, 6.45) is 1.42. The fourth-order valence-electron chi connectivity index (χ4n) is 2.24. The summed E-state index contributed by atoms with van der Waals surface area (Å²) >= 11 is 5.94. The van der Waals surface area contributed by atoms with Crippen molar-refractivity contribution >= 4 is 35.3 Å². The lowest BCUT2D eigenvalue weighted by atomic mass is 10.2. The SMILES string of the molecule is O=C(N/N=C\c1cccc(Oc2ccccc2)c1)C(=O)Nc1ccccc1Cl. The van der Waals surface area contributed by atoms with Crippen molar-refractivity contribution in [2.24, 2.45) is 5.10 Å². The summed E-state index contributed by atoms with van der Waals surface area (Å²) in [5.41, 5.74) is 3.22. The van der Waals surface area contributed by atoms with E-state index >= 15 is 0 Å². The van der Waals surface area contributed by atoms with Crippen LogP contribution in [-0.2, 0) is 9.59 Å². The minimum Gasteiger partial charge on any atom is -0.457 e. The van der Waals surface area contributed by atoms with Gasteiger partial charge in [-0.15, -0.1) is 0 Å². The molecule has 0 fully saturated rings. The van der Waals surface area contributed by atoms with Crippen LogP contribution in [0.25, 0.3) is 0 Å². The number of amides is 2. The maximum absolute atomic E-state index is 11.9. The summed E-state index contributed by atoms with van der Waals surface area (Å²) in [6, 6.07) is 23.1. The maximum atomic E-state index is 11.9. The van der Waals surface area contributed by atoms with Gasteiger partial charge in [-0.1, -0.05) is 54.1 Å². The monoisotopic (exact) mass is 393 g/mol. The average molecular weight is 394 g/mol. The number of ether oxygens (including phenoxy) is 1. The molecule has 0 saturated heterocycles. The van der Waals surface area contributed by atoms with E-state index in [4.69, 9.17) is 16.3 Å². The Balaban J connectivity index is 1.56. The standard InChI is InChI=1S/C21H16ClN3O3/c22-18-11-4-5-12-19(18)24-20(26)21(27)25-23-14-15-7-6-10-17(13-15)28-16-8-2-1-3-9-16/h1-14H,(H,24,26)(H,25,27)/b23-14-. The third-order valence-corrected chi connectivity index (χ3v) is 3.87. The van der Waals surface area contributed by atoms with Gasteiger partial charge in [0.15, 0.2) is 0 Å². The number of benzene rings is 3. The van der Waals surface area contributed by atoms with Crippen LogP contribution in [0, 0.1) is 0 Å². The van der Waals surface area contributed by atoms with Crippen LogP contribution in [0.5, 0.6) is 11.5 Å². The lowest BCUT2D eigenvalue weighted by Crippen LogP contribution is -2.32. The zero-order valence-electron chi connectivity index (χ0n) is 14.6. The molecule has 0 bridgehead atoms. The summed E-state index contributed by atoms with van der Waals surface area (Å²) in [4.78, 5) is 23.7. The molecule has 0 aliphatic rings. The zero-order chi connectivity index (χ0) is 19.8. The Kier molecular flexibility index (Phi) is 6.38. The molecule has 140 valence electrons. The van der Waals surface area contributed by atoms with Crippen molar-refractivity contribution in [2.75, 3.05) is 5.32 Å². The number of halogens is 1. The maximum Gasteiger partial charge on any atom is 0.329 e. The molecule has 28 heavy (non-hydrogen) atoms. The number of rotatable bonds is 5. The van der Waals surface area contributed by atoms with Crippen LogP contribution < -0.4 is 15.5 Å². The van der Waals surface area contributed by atoms with E-state index in [0.717, 1.165) is 0 Å². The van der Waals surface area contributed by atoms with E-state index in [1.54, 1.807) is 48.5 Å². The van der Waals surface area contributed by atoms with E-state index < -0.39 is 11.8 Å². The Morgan fingerprint density at radius 3 is 2.36 bits per heavy atom. The summed E-state index contributed by atoms with van der Waals surface area (Å²) in [6.45, 7) is 0. The molecule has 0 aromatic heterocycles. The van der Waals surface area contributed by atoms with Crippen LogP contribution >= 0.6 is 11.6 Å². The molecule has 3 rings (SSSR count). The van der Waals surface area contributed by atoms with Gasteiger partial charge in [0, 0.05) is 0 Å². The molecule has 3 aromatic carbocycles. The van der Waals surface area contributed by atoms with Gasteiger partial charge in [0.05, 0.1) is 16.9 Å². The first-order valence-electron chi connectivity index (χ1n) is 8.34. The fraction of sp³-hybridized carbons (Fsp3) is 0. The highest BCUT2D eigenvalue weighted by Crippen LogP contribution is 2.21. The van der Waals surface area contributed by atoms with Gasteiger partial charge in [0.1, 0.15) is 11.5 Å². The molecule has 0 atom stereocenters. The predicted molar refractivity (Wildman–Crippen MR) is 109 cm³/mol. The molecule has 0 saturated carbocycles. The molecule has 0 unspecified atom stereocenters. The number of nitrogens with one attached hydrogen (secondary N) is 2.